The molecule has 1 unspecified atom stereocenters. The Morgan fingerprint density at radius 2 is 1.78 bits per heavy atom. The van der Waals surface area contributed by atoms with Crippen LogP contribution in [0.15, 0.2) is 42.5 Å². The van der Waals surface area contributed by atoms with E-state index < -0.39 is 6.10 Å². The molecule has 0 aromatic heterocycles. The third kappa shape index (κ3) is 6.29. The Hall–Kier alpha value is -2.53. The van der Waals surface area contributed by atoms with Crippen LogP contribution in [0.25, 0.3) is 0 Å². The summed E-state index contributed by atoms with van der Waals surface area (Å²) in [7, 11) is 0. The van der Waals surface area contributed by atoms with Crippen LogP contribution in [-0.2, 0) is 16.0 Å². The number of halogens is 1. The lowest BCUT2D eigenvalue weighted by Gasteiger charge is -2.16. The van der Waals surface area contributed by atoms with E-state index in [1.807, 2.05) is 31.2 Å². The van der Waals surface area contributed by atoms with Gasteiger partial charge in [0.15, 0.2) is 6.10 Å². The molecule has 0 fully saturated rings. The maximum atomic E-state index is 12.4. The number of ether oxygens (including phenoxy) is 1. The van der Waals surface area contributed by atoms with Crippen LogP contribution in [0.4, 0.5) is 11.4 Å². The van der Waals surface area contributed by atoms with Gasteiger partial charge in [-0.3, -0.25) is 9.59 Å². The zero-order valence-corrected chi connectivity index (χ0v) is 16.6. The van der Waals surface area contributed by atoms with Crippen LogP contribution in [0.1, 0.15) is 39.2 Å². The van der Waals surface area contributed by atoms with Gasteiger partial charge in [0, 0.05) is 12.1 Å². The highest BCUT2D eigenvalue weighted by atomic mass is 35.5. The van der Waals surface area contributed by atoms with E-state index in [4.69, 9.17) is 16.3 Å². The van der Waals surface area contributed by atoms with Crippen LogP contribution in [0.5, 0.6) is 5.75 Å². The first-order valence-corrected chi connectivity index (χ1v) is 9.46. The Morgan fingerprint density at radius 3 is 2.41 bits per heavy atom. The first-order chi connectivity index (χ1) is 12.9. The predicted octanol–water partition coefficient (Wildman–Crippen LogP) is 5.05. The smallest absolute Gasteiger partial charge is 0.265 e. The average molecular weight is 389 g/mol. The standard InChI is InChI=1S/C21H25ClN2O3/c1-4-6-20(25)23-16-9-12-18(22)19(13-16)24-21(26)14(3)27-17-10-7-15(5-2)8-11-17/h7-14H,4-6H2,1-3H3,(H,23,25)(H,24,26). The summed E-state index contributed by atoms with van der Waals surface area (Å²) in [5, 5.41) is 5.92. The Morgan fingerprint density at radius 1 is 1.07 bits per heavy atom. The molecule has 0 radical (unpaired) electrons. The van der Waals surface area contributed by atoms with E-state index in [2.05, 4.69) is 17.6 Å². The van der Waals surface area contributed by atoms with Gasteiger partial charge in [-0.05, 0) is 55.7 Å². The lowest BCUT2D eigenvalue weighted by molar-refractivity contribution is -0.122. The van der Waals surface area contributed by atoms with Gasteiger partial charge in [-0.2, -0.15) is 0 Å². The number of hydrogen-bond acceptors (Lipinski definition) is 3. The van der Waals surface area contributed by atoms with Gasteiger partial charge in [-0.15, -0.1) is 0 Å². The van der Waals surface area contributed by atoms with Crippen LogP contribution in [0.3, 0.4) is 0 Å². The number of carbonyl (C=O) groups is 2. The molecular formula is C21H25ClN2O3. The summed E-state index contributed by atoms with van der Waals surface area (Å²) in [6.07, 6.45) is 1.44. The maximum Gasteiger partial charge on any atom is 0.265 e. The molecule has 2 amide bonds. The van der Waals surface area contributed by atoms with E-state index in [1.165, 1.54) is 5.56 Å². The molecule has 1 atom stereocenters. The Labute approximate surface area is 165 Å². The van der Waals surface area contributed by atoms with Gasteiger partial charge >= 0.3 is 0 Å². The van der Waals surface area contributed by atoms with Crippen LogP contribution in [-0.4, -0.2) is 17.9 Å². The Bertz CT molecular complexity index is 791. The topological polar surface area (TPSA) is 67.4 Å². The molecule has 2 aromatic rings. The molecule has 0 saturated heterocycles. The van der Waals surface area contributed by atoms with Gasteiger partial charge < -0.3 is 15.4 Å². The minimum atomic E-state index is -0.702. The summed E-state index contributed by atoms with van der Waals surface area (Å²) in [5.74, 6) is 0.222. The molecule has 2 aromatic carbocycles. The van der Waals surface area contributed by atoms with Crippen molar-refractivity contribution in [1.29, 1.82) is 0 Å². The van der Waals surface area contributed by atoms with Gasteiger partial charge in [0.05, 0.1) is 10.7 Å². The van der Waals surface area contributed by atoms with Crippen molar-refractivity contribution in [1.82, 2.24) is 0 Å². The second kappa shape index (κ2) is 9.97. The Kier molecular flexibility index (Phi) is 7.67. The number of anilines is 2. The molecule has 0 saturated carbocycles. The molecule has 0 spiro atoms. The highest BCUT2D eigenvalue weighted by Crippen LogP contribution is 2.26. The van der Waals surface area contributed by atoms with Crippen LogP contribution >= 0.6 is 11.6 Å². The number of carbonyl (C=O) groups excluding carboxylic acids is 2. The largest absolute Gasteiger partial charge is 0.481 e. The highest BCUT2D eigenvalue weighted by Gasteiger charge is 2.16. The molecule has 27 heavy (non-hydrogen) atoms. The predicted molar refractivity (Wildman–Crippen MR) is 110 cm³/mol. The van der Waals surface area contributed by atoms with Crippen molar-refractivity contribution in [3.63, 3.8) is 0 Å². The van der Waals surface area contributed by atoms with E-state index in [0.29, 0.717) is 28.6 Å². The highest BCUT2D eigenvalue weighted by molar-refractivity contribution is 6.34. The monoisotopic (exact) mass is 388 g/mol. The van der Waals surface area contributed by atoms with Gasteiger partial charge in [-0.1, -0.05) is 37.6 Å². The summed E-state index contributed by atoms with van der Waals surface area (Å²) in [6.45, 7) is 5.68. The first kappa shape index (κ1) is 20.8. The lowest BCUT2D eigenvalue weighted by atomic mass is 10.2. The van der Waals surface area contributed by atoms with Crippen molar-refractivity contribution in [3.8, 4) is 5.75 Å². The summed E-state index contributed by atoms with van der Waals surface area (Å²) in [6, 6.07) is 12.6. The minimum absolute atomic E-state index is 0.0793. The molecular weight excluding hydrogens is 364 g/mol. The fraction of sp³-hybridized carbons (Fsp3) is 0.333. The molecule has 5 nitrogen and oxygen atoms in total. The zero-order chi connectivity index (χ0) is 19.8. The van der Waals surface area contributed by atoms with Crippen molar-refractivity contribution >= 4 is 34.8 Å². The third-order valence-electron chi connectivity index (χ3n) is 4.00. The second-order valence-corrected chi connectivity index (χ2v) is 6.65. The van der Waals surface area contributed by atoms with E-state index >= 15 is 0 Å². The van der Waals surface area contributed by atoms with Crippen LogP contribution in [0, 0.1) is 0 Å². The molecule has 0 aliphatic heterocycles. The second-order valence-electron chi connectivity index (χ2n) is 6.24. The number of benzene rings is 2. The molecule has 144 valence electrons. The van der Waals surface area contributed by atoms with Gasteiger partial charge in [0.2, 0.25) is 5.91 Å². The number of rotatable bonds is 8. The molecule has 0 aliphatic rings. The van der Waals surface area contributed by atoms with Crippen molar-refractivity contribution in [2.45, 2.75) is 46.1 Å². The molecule has 2 rings (SSSR count). The molecule has 6 heteroatoms. The normalized spacial score (nSPS) is 11.6. The van der Waals surface area contributed by atoms with Crippen molar-refractivity contribution in [2.75, 3.05) is 10.6 Å². The van der Waals surface area contributed by atoms with E-state index in [-0.39, 0.29) is 11.8 Å². The minimum Gasteiger partial charge on any atom is -0.481 e. The fourth-order valence-corrected chi connectivity index (χ4v) is 2.61. The number of hydrogen-bond donors (Lipinski definition) is 2. The average Bonchev–Trinajstić information content (AvgIpc) is 2.65. The molecule has 2 N–H and O–H groups in total. The fourth-order valence-electron chi connectivity index (χ4n) is 2.45. The number of amides is 2. The summed E-state index contributed by atoms with van der Waals surface area (Å²) in [4.78, 5) is 24.2. The SMILES string of the molecule is CCCC(=O)Nc1ccc(Cl)c(NC(=O)C(C)Oc2ccc(CC)cc2)c1. The zero-order valence-electron chi connectivity index (χ0n) is 15.8. The quantitative estimate of drug-likeness (QED) is 0.665. The summed E-state index contributed by atoms with van der Waals surface area (Å²) >= 11 is 6.17. The molecule has 0 heterocycles. The van der Waals surface area contributed by atoms with Gasteiger partial charge in [0.25, 0.3) is 5.91 Å². The van der Waals surface area contributed by atoms with Gasteiger partial charge in [0.1, 0.15) is 5.75 Å². The lowest BCUT2D eigenvalue weighted by Crippen LogP contribution is -2.30. The number of nitrogens with one attached hydrogen (secondary N) is 2. The van der Waals surface area contributed by atoms with Crippen molar-refractivity contribution in [3.05, 3.63) is 53.1 Å². The summed E-state index contributed by atoms with van der Waals surface area (Å²) in [5.41, 5.74) is 2.21. The maximum absolute atomic E-state index is 12.4. The summed E-state index contributed by atoms with van der Waals surface area (Å²) < 4.78 is 5.69. The van der Waals surface area contributed by atoms with Crippen LogP contribution in [0.2, 0.25) is 5.02 Å². The Balaban J connectivity index is 2.01. The first-order valence-electron chi connectivity index (χ1n) is 9.08. The van der Waals surface area contributed by atoms with Crippen molar-refractivity contribution in [2.24, 2.45) is 0 Å². The van der Waals surface area contributed by atoms with E-state index in [9.17, 15) is 9.59 Å². The van der Waals surface area contributed by atoms with Gasteiger partial charge in [-0.25, -0.2) is 0 Å². The van der Waals surface area contributed by atoms with E-state index in [0.717, 1.165) is 12.8 Å². The number of aryl methyl sites for hydroxylation is 1. The molecule has 0 bridgehead atoms. The van der Waals surface area contributed by atoms with E-state index in [1.54, 1.807) is 25.1 Å². The van der Waals surface area contributed by atoms with Crippen molar-refractivity contribution < 1.29 is 14.3 Å². The third-order valence-corrected chi connectivity index (χ3v) is 4.33. The van der Waals surface area contributed by atoms with Crippen LogP contribution < -0.4 is 15.4 Å². The molecule has 0 aliphatic carbocycles.